The molecule has 126 valence electrons. The van der Waals surface area contributed by atoms with E-state index in [0.717, 1.165) is 5.56 Å². The van der Waals surface area contributed by atoms with Crippen molar-refractivity contribution >= 4 is 17.5 Å². The zero-order chi connectivity index (χ0) is 18.2. The molecule has 0 aliphatic heterocycles. The molecule has 25 heavy (non-hydrogen) atoms. The number of halogens is 1. The Bertz CT molecular complexity index is 876. The lowest BCUT2D eigenvalue weighted by Crippen LogP contribution is -2.20. The van der Waals surface area contributed by atoms with Crippen molar-refractivity contribution in [3.05, 3.63) is 77.1 Å². The lowest BCUT2D eigenvalue weighted by molar-refractivity contribution is -0.135. The van der Waals surface area contributed by atoms with E-state index in [1.807, 2.05) is 30.3 Å². The van der Waals surface area contributed by atoms with Gasteiger partial charge in [0.25, 0.3) is 0 Å². The molecule has 0 spiro atoms. The summed E-state index contributed by atoms with van der Waals surface area (Å²) < 4.78 is 13.1. The average molecular weight is 337 g/mol. The number of aliphatic carboxylic acids is 1. The minimum absolute atomic E-state index is 0.0901. The first-order valence-corrected chi connectivity index (χ1v) is 7.32. The summed E-state index contributed by atoms with van der Waals surface area (Å²) in [6.07, 6.45) is 0. The fourth-order valence-corrected chi connectivity index (χ4v) is 1.93. The van der Waals surface area contributed by atoms with Crippen LogP contribution in [0.3, 0.4) is 0 Å². The molecule has 2 aromatic carbocycles. The van der Waals surface area contributed by atoms with Gasteiger partial charge in [-0.05, 0) is 42.0 Å². The standard InChI is InChI=1S/C19H16FN3O2/c20-15-9-7-14(8-10-15)18(21)16(19(22)23-12-17(24)25)11-6-13-4-2-1-3-5-13/h1-5,7-10H,12,21H2,(H2,22,23)(H,24,25). The van der Waals surface area contributed by atoms with Crippen LogP contribution in [-0.4, -0.2) is 23.5 Å². The van der Waals surface area contributed by atoms with Gasteiger partial charge in [-0.2, -0.15) is 0 Å². The highest BCUT2D eigenvalue weighted by Gasteiger charge is 2.09. The summed E-state index contributed by atoms with van der Waals surface area (Å²) in [6, 6.07) is 14.6. The molecule has 0 amide bonds. The highest BCUT2D eigenvalue weighted by molar-refractivity contribution is 6.08. The molecule has 2 aromatic rings. The van der Waals surface area contributed by atoms with Crippen molar-refractivity contribution in [3.63, 3.8) is 0 Å². The van der Waals surface area contributed by atoms with Crippen molar-refractivity contribution in [2.45, 2.75) is 0 Å². The number of nitrogens with zero attached hydrogens (tertiary/aromatic N) is 1. The second-order valence-corrected chi connectivity index (χ2v) is 5.01. The SMILES string of the molecule is NC(=NCC(=O)O)C(C#Cc1ccccc1)=C(N)c1ccc(F)cc1. The summed E-state index contributed by atoms with van der Waals surface area (Å²) in [5.74, 6) is 4.12. The number of carbonyl (C=O) groups is 1. The van der Waals surface area contributed by atoms with Gasteiger partial charge in [-0.3, -0.25) is 9.79 Å². The third kappa shape index (κ3) is 5.22. The highest BCUT2D eigenvalue weighted by atomic mass is 19.1. The summed E-state index contributed by atoms with van der Waals surface area (Å²) in [6.45, 7) is -0.501. The van der Waals surface area contributed by atoms with E-state index in [1.165, 1.54) is 24.3 Å². The van der Waals surface area contributed by atoms with E-state index in [9.17, 15) is 9.18 Å². The topological polar surface area (TPSA) is 102 Å². The molecule has 5 N–H and O–H groups in total. The Balaban J connectivity index is 2.50. The van der Waals surface area contributed by atoms with Crippen LogP contribution in [0.1, 0.15) is 11.1 Å². The van der Waals surface area contributed by atoms with Crippen LogP contribution in [0, 0.1) is 17.7 Å². The maximum atomic E-state index is 13.1. The minimum atomic E-state index is -1.13. The maximum Gasteiger partial charge on any atom is 0.325 e. The number of hydrogen-bond acceptors (Lipinski definition) is 3. The minimum Gasteiger partial charge on any atom is -0.480 e. The Kier molecular flexibility index (Phi) is 5.91. The number of carboxylic acid groups (broad SMARTS) is 1. The zero-order valence-electron chi connectivity index (χ0n) is 13.2. The molecule has 0 heterocycles. The first-order chi connectivity index (χ1) is 12.0. The lowest BCUT2D eigenvalue weighted by atomic mass is 10.1. The Hall–Kier alpha value is -3.59. The monoisotopic (exact) mass is 337 g/mol. The van der Waals surface area contributed by atoms with Gasteiger partial charge in [0.15, 0.2) is 0 Å². The molecular weight excluding hydrogens is 321 g/mol. The van der Waals surface area contributed by atoms with Crippen LogP contribution in [-0.2, 0) is 4.79 Å². The van der Waals surface area contributed by atoms with Gasteiger partial charge < -0.3 is 16.6 Å². The summed E-state index contributed by atoms with van der Waals surface area (Å²) in [4.78, 5) is 14.5. The van der Waals surface area contributed by atoms with Crippen LogP contribution >= 0.6 is 0 Å². The van der Waals surface area contributed by atoms with Crippen LogP contribution < -0.4 is 11.5 Å². The van der Waals surface area contributed by atoms with Gasteiger partial charge in [0.1, 0.15) is 18.2 Å². The lowest BCUT2D eigenvalue weighted by Gasteiger charge is -2.07. The maximum absolute atomic E-state index is 13.1. The Morgan fingerprint density at radius 3 is 2.32 bits per heavy atom. The van der Waals surface area contributed by atoms with E-state index in [0.29, 0.717) is 5.56 Å². The van der Waals surface area contributed by atoms with Gasteiger partial charge in [-0.15, -0.1) is 0 Å². The Morgan fingerprint density at radius 1 is 1.08 bits per heavy atom. The summed E-state index contributed by atoms with van der Waals surface area (Å²) in [5.41, 5.74) is 13.6. The van der Waals surface area contributed by atoms with E-state index in [-0.39, 0.29) is 17.1 Å². The third-order valence-corrected chi connectivity index (χ3v) is 3.17. The van der Waals surface area contributed by atoms with Gasteiger partial charge >= 0.3 is 5.97 Å². The molecule has 0 bridgehead atoms. The van der Waals surface area contributed by atoms with Crippen LogP contribution in [0.25, 0.3) is 5.70 Å². The van der Waals surface area contributed by atoms with Crippen LogP contribution in [0.4, 0.5) is 4.39 Å². The van der Waals surface area contributed by atoms with Crippen molar-refractivity contribution in [1.82, 2.24) is 0 Å². The van der Waals surface area contributed by atoms with E-state index < -0.39 is 18.3 Å². The average Bonchev–Trinajstić information content (AvgIpc) is 2.61. The fourth-order valence-electron chi connectivity index (χ4n) is 1.93. The molecule has 0 saturated heterocycles. The van der Waals surface area contributed by atoms with E-state index in [4.69, 9.17) is 16.6 Å². The molecule has 0 aromatic heterocycles. The van der Waals surface area contributed by atoms with Crippen molar-refractivity contribution < 1.29 is 14.3 Å². The molecule has 0 atom stereocenters. The molecule has 0 fully saturated rings. The molecule has 6 heteroatoms. The summed E-state index contributed by atoms with van der Waals surface area (Å²) in [7, 11) is 0. The summed E-state index contributed by atoms with van der Waals surface area (Å²) in [5, 5.41) is 8.75. The van der Waals surface area contributed by atoms with Gasteiger partial charge in [-0.1, -0.05) is 30.0 Å². The first-order valence-electron chi connectivity index (χ1n) is 7.32. The van der Waals surface area contributed by atoms with Crippen LogP contribution in [0.2, 0.25) is 0 Å². The van der Waals surface area contributed by atoms with Gasteiger partial charge in [0.05, 0.1) is 11.3 Å². The van der Waals surface area contributed by atoms with Crippen molar-refractivity contribution in [1.29, 1.82) is 0 Å². The largest absolute Gasteiger partial charge is 0.480 e. The van der Waals surface area contributed by atoms with E-state index >= 15 is 0 Å². The second-order valence-electron chi connectivity index (χ2n) is 5.01. The predicted octanol–water partition coefficient (Wildman–Crippen LogP) is 1.99. The molecule has 0 saturated carbocycles. The fraction of sp³-hybridized carbons (Fsp3) is 0.0526. The first kappa shape index (κ1) is 17.8. The van der Waals surface area contributed by atoms with E-state index in [2.05, 4.69) is 16.8 Å². The smallest absolute Gasteiger partial charge is 0.325 e. The number of hydrogen-bond donors (Lipinski definition) is 3. The molecule has 0 aliphatic carbocycles. The number of benzene rings is 2. The van der Waals surface area contributed by atoms with Crippen molar-refractivity contribution in [3.8, 4) is 11.8 Å². The molecule has 2 rings (SSSR count). The molecule has 0 aliphatic rings. The number of rotatable bonds is 4. The molecule has 5 nitrogen and oxygen atoms in total. The molecule has 0 unspecified atom stereocenters. The second kappa shape index (κ2) is 8.31. The quantitative estimate of drug-likeness (QED) is 0.451. The van der Waals surface area contributed by atoms with Crippen LogP contribution in [0.5, 0.6) is 0 Å². The van der Waals surface area contributed by atoms with Crippen LogP contribution in [0.15, 0.2) is 65.2 Å². The number of nitrogens with two attached hydrogens (primary N) is 2. The van der Waals surface area contributed by atoms with Crippen molar-refractivity contribution in [2.24, 2.45) is 16.5 Å². The predicted molar refractivity (Wildman–Crippen MR) is 95.0 cm³/mol. The van der Waals surface area contributed by atoms with Gasteiger partial charge in [-0.25, -0.2) is 4.39 Å². The normalized spacial score (nSPS) is 12.0. The molecular formula is C19H16FN3O2. The van der Waals surface area contributed by atoms with Gasteiger partial charge in [0, 0.05) is 5.56 Å². The Morgan fingerprint density at radius 2 is 1.72 bits per heavy atom. The van der Waals surface area contributed by atoms with Crippen molar-refractivity contribution in [2.75, 3.05) is 6.54 Å². The number of carboxylic acids is 1. The van der Waals surface area contributed by atoms with E-state index in [1.54, 1.807) is 0 Å². The third-order valence-electron chi connectivity index (χ3n) is 3.17. The van der Waals surface area contributed by atoms with Gasteiger partial charge in [0.2, 0.25) is 0 Å². The molecule has 0 radical (unpaired) electrons. The zero-order valence-corrected chi connectivity index (χ0v) is 13.2. The highest BCUT2D eigenvalue weighted by Crippen LogP contribution is 2.14. The summed E-state index contributed by atoms with van der Waals surface area (Å²) >= 11 is 0. The number of aliphatic imine (C=N–C) groups is 1. The Labute approximate surface area is 144 Å². The number of amidine groups is 1.